The second-order valence-corrected chi connectivity index (χ2v) is 5.48. The van der Waals surface area contributed by atoms with Crippen LogP contribution < -0.4 is 5.73 Å². The van der Waals surface area contributed by atoms with Crippen molar-refractivity contribution in [3.63, 3.8) is 0 Å². The summed E-state index contributed by atoms with van der Waals surface area (Å²) in [5, 5.41) is 38.5. The summed E-state index contributed by atoms with van der Waals surface area (Å²) in [6.45, 7) is 1.53. The molecule has 0 aromatic rings. The molecule has 0 spiro atoms. The Morgan fingerprint density at radius 3 is 2.71 bits per heavy atom. The first-order valence-electron chi connectivity index (χ1n) is 6.37. The van der Waals surface area contributed by atoms with Crippen molar-refractivity contribution in [3.05, 3.63) is 22.5 Å². The Kier molecular flexibility index (Phi) is 2.65. The largest absolute Gasteiger partial charge is 0.507 e. The Balaban J connectivity index is 2.33. The molecule has 2 heterocycles. The average Bonchev–Trinajstić information content (AvgIpc) is 2.37. The molecule has 8 heteroatoms. The van der Waals surface area contributed by atoms with E-state index in [1.54, 1.807) is 0 Å². The zero-order chi connectivity index (χ0) is 15.7. The molecule has 21 heavy (non-hydrogen) atoms. The predicted molar refractivity (Wildman–Crippen MR) is 68.5 cm³/mol. The van der Waals surface area contributed by atoms with Gasteiger partial charge in [-0.15, -0.1) is 0 Å². The predicted octanol–water partition coefficient (Wildman–Crippen LogP) is -1.53. The molecule has 0 aromatic carbocycles. The Bertz CT molecular complexity index is 664. The van der Waals surface area contributed by atoms with Crippen molar-refractivity contribution in [1.82, 2.24) is 0 Å². The third-order valence-corrected chi connectivity index (χ3v) is 4.32. The zero-order valence-electron chi connectivity index (χ0n) is 11.1. The van der Waals surface area contributed by atoms with Crippen LogP contribution in [0.25, 0.3) is 0 Å². The van der Waals surface area contributed by atoms with Gasteiger partial charge in [-0.05, 0) is 6.92 Å². The highest BCUT2D eigenvalue weighted by Crippen LogP contribution is 2.49. The van der Waals surface area contributed by atoms with Gasteiger partial charge in [-0.25, -0.2) is 0 Å². The highest BCUT2D eigenvalue weighted by atomic mass is 16.5. The number of aliphatic hydroxyl groups excluding tert-OH is 2. The van der Waals surface area contributed by atoms with Gasteiger partial charge < -0.3 is 25.8 Å². The van der Waals surface area contributed by atoms with Gasteiger partial charge in [0.15, 0.2) is 0 Å². The summed E-state index contributed by atoms with van der Waals surface area (Å²) in [7, 11) is 0. The number of hydrogen-bond acceptors (Lipinski definition) is 7. The van der Waals surface area contributed by atoms with Crippen LogP contribution in [0.15, 0.2) is 22.5 Å². The summed E-state index contributed by atoms with van der Waals surface area (Å²) < 4.78 is 5.43. The van der Waals surface area contributed by atoms with Gasteiger partial charge in [0, 0.05) is 17.6 Å². The smallest absolute Gasteiger partial charge is 0.254 e. The Labute approximate surface area is 119 Å². The molecule has 1 amide bonds. The summed E-state index contributed by atoms with van der Waals surface area (Å²) in [6.07, 6.45) is -3.11. The molecule has 112 valence electrons. The molecule has 0 saturated carbocycles. The van der Waals surface area contributed by atoms with Gasteiger partial charge in [0.25, 0.3) is 5.91 Å². The van der Waals surface area contributed by atoms with Crippen LogP contribution in [-0.2, 0) is 14.3 Å². The van der Waals surface area contributed by atoms with Crippen molar-refractivity contribution in [2.24, 2.45) is 5.73 Å². The van der Waals surface area contributed by atoms with E-state index in [0.717, 1.165) is 0 Å². The lowest BCUT2D eigenvalue weighted by Crippen LogP contribution is -2.64. The molecule has 2 aliphatic heterocycles. The second kappa shape index (κ2) is 4.00. The molecule has 1 unspecified atom stereocenters. The fourth-order valence-electron chi connectivity index (χ4n) is 3.26. The van der Waals surface area contributed by atoms with Gasteiger partial charge in [-0.3, -0.25) is 15.0 Å². The second-order valence-electron chi connectivity index (χ2n) is 5.48. The number of carbonyl (C=O) groups is 2. The third kappa shape index (κ3) is 1.52. The molecule has 4 atom stereocenters. The molecule has 6 N–H and O–H groups in total. The lowest BCUT2D eigenvalue weighted by atomic mass is 9.65. The number of rotatable bonds is 1. The Morgan fingerprint density at radius 2 is 2.14 bits per heavy atom. The summed E-state index contributed by atoms with van der Waals surface area (Å²) in [5.74, 6) is -2.70. The van der Waals surface area contributed by atoms with Gasteiger partial charge in [0.05, 0.1) is 12.2 Å². The molecule has 8 nitrogen and oxygen atoms in total. The van der Waals surface area contributed by atoms with Crippen molar-refractivity contribution in [2.45, 2.75) is 37.3 Å². The topological polar surface area (TPSA) is 154 Å². The van der Waals surface area contributed by atoms with Crippen molar-refractivity contribution in [2.75, 3.05) is 0 Å². The lowest BCUT2D eigenvalue weighted by molar-refractivity contribution is -0.200. The van der Waals surface area contributed by atoms with Crippen molar-refractivity contribution in [1.29, 1.82) is 5.41 Å². The van der Waals surface area contributed by atoms with E-state index >= 15 is 0 Å². The highest BCUT2D eigenvalue weighted by molar-refractivity contribution is 6.56. The normalized spacial score (nSPS) is 38.9. The number of aliphatic hydroxyl groups is 3. The molecular formula is C13H14N2O6. The fourth-order valence-corrected chi connectivity index (χ4v) is 3.26. The summed E-state index contributed by atoms with van der Waals surface area (Å²) >= 11 is 0. The Morgan fingerprint density at radius 1 is 1.52 bits per heavy atom. The van der Waals surface area contributed by atoms with Crippen LogP contribution in [0.4, 0.5) is 0 Å². The maximum Gasteiger partial charge on any atom is 0.254 e. The number of carbonyl (C=O) groups excluding carboxylic acids is 2. The molecular weight excluding hydrogens is 280 g/mol. The first-order chi connectivity index (χ1) is 9.70. The van der Waals surface area contributed by atoms with E-state index in [0.29, 0.717) is 0 Å². The summed E-state index contributed by atoms with van der Waals surface area (Å²) in [4.78, 5) is 23.7. The van der Waals surface area contributed by atoms with Gasteiger partial charge in [0.2, 0.25) is 5.78 Å². The van der Waals surface area contributed by atoms with Crippen LogP contribution in [0.1, 0.15) is 13.3 Å². The van der Waals surface area contributed by atoms with Gasteiger partial charge in [-0.1, -0.05) is 0 Å². The van der Waals surface area contributed by atoms with E-state index in [4.69, 9.17) is 15.9 Å². The van der Waals surface area contributed by atoms with E-state index in [-0.39, 0.29) is 17.6 Å². The molecule has 1 saturated heterocycles. The minimum atomic E-state index is -1.82. The number of amides is 1. The van der Waals surface area contributed by atoms with E-state index in [9.17, 15) is 24.9 Å². The van der Waals surface area contributed by atoms with Crippen LogP contribution in [-0.4, -0.2) is 56.6 Å². The maximum absolute atomic E-state index is 12.3. The first kappa shape index (κ1) is 13.9. The molecule has 1 fully saturated rings. The maximum atomic E-state index is 12.3. The van der Waals surface area contributed by atoms with E-state index < -0.39 is 52.6 Å². The number of primary amides is 1. The SMILES string of the molecule is C[C@@H]1OC2C3=C(C(=O)C(=N)C(C(N)=O)=C3O)[C@@]1(O)C[C@@H]2O. The molecule has 2 bridgehead atoms. The summed E-state index contributed by atoms with van der Waals surface area (Å²) in [6, 6.07) is 0. The lowest BCUT2D eigenvalue weighted by Gasteiger charge is -2.52. The fraction of sp³-hybridized carbons (Fsp3) is 0.462. The molecule has 4 rings (SSSR count). The molecule has 0 aromatic heterocycles. The third-order valence-electron chi connectivity index (χ3n) is 4.32. The molecule has 2 aliphatic carbocycles. The van der Waals surface area contributed by atoms with Crippen LogP contribution in [0.2, 0.25) is 0 Å². The number of hydrogen-bond donors (Lipinski definition) is 5. The van der Waals surface area contributed by atoms with Crippen LogP contribution in [0.5, 0.6) is 0 Å². The summed E-state index contributed by atoms with van der Waals surface area (Å²) in [5.41, 5.74) is 1.54. The number of nitrogens with one attached hydrogen (secondary N) is 1. The van der Waals surface area contributed by atoms with Crippen molar-refractivity contribution < 1.29 is 29.6 Å². The minimum Gasteiger partial charge on any atom is -0.507 e. The van der Waals surface area contributed by atoms with Crippen molar-refractivity contribution in [3.8, 4) is 0 Å². The van der Waals surface area contributed by atoms with E-state index in [1.807, 2.05) is 0 Å². The minimum absolute atomic E-state index is 0.143. The standard InChI is InChI=1S/C13H14N2O6/c1-3-13(20)2-4(16)11(21-3)5-7(13)10(18)8(14)6(9(5)17)12(15)19/h3-4,11,14,16-17,20H,2H2,1H3,(H2,15,19)/t3-,4-,11?,13+/m0/s1. The quantitative estimate of drug-likeness (QED) is 0.369. The number of fused-ring (bicyclic) bond motifs is 2. The average molecular weight is 294 g/mol. The van der Waals surface area contributed by atoms with Gasteiger partial charge in [0.1, 0.15) is 28.7 Å². The highest BCUT2D eigenvalue weighted by Gasteiger charge is 2.60. The van der Waals surface area contributed by atoms with Gasteiger partial charge >= 0.3 is 0 Å². The van der Waals surface area contributed by atoms with Crippen LogP contribution >= 0.6 is 0 Å². The number of Topliss-reactive ketones (excluding diaryl/α,β-unsaturated/α-hetero) is 1. The van der Waals surface area contributed by atoms with Gasteiger partial charge in [-0.2, -0.15) is 0 Å². The monoisotopic (exact) mass is 294 g/mol. The zero-order valence-corrected chi connectivity index (χ0v) is 11.1. The van der Waals surface area contributed by atoms with Crippen LogP contribution in [0.3, 0.4) is 0 Å². The number of ketones is 1. The van der Waals surface area contributed by atoms with Crippen molar-refractivity contribution >= 4 is 17.4 Å². The molecule has 0 radical (unpaired) electrons. The van der Waals surface area contributed by atoms with Crippen LogP contribution in [0, 0.1) is 5.41 Å². The first-order valence-corrected chi connectivity index (χ1v) is 6.37. The van der Waals surface area contributed by atoms with E-state index in [1.165, 1.54) is 6.92 Å². The number of ether oxygens (including phenoxy) is 1. The molecule has 4 aliphatic rings. The number of nitrogens with two attached hydrogens (primary N) is 1. The Hall–Kier alpha value is -2.03. The van der Waals surface area contributed by atoms with E-state index in [2.05, 4.69) is 0 Å².